The standard InChI is InChI=1S/C27H19FN2O2S/c28-19-10-7-18(8-11-19)25-22-14-9-17-3-1-2-4-21(17)24(22)29-27-30(25)26(32)23(33-27)15-16-5-12-20(31)13-6-16/h1-8,10-13,15,25,31H,9,14H2/b23-15+/t25-/m0/s1. The molecular weight excluding hydrogens is 435 g/mol. The molecule has 0 fully saturated rings. The molecule has 3 aromatic carbocycles. The molecule has 4 nitrogen and oxygen atoms in total. The Morgan fingerprint density at radius 3 is 2.55 bits per heavy atom. The van der Waals surface area contributed by atoms with Gasteiger partial charge in [-0.2, -0.15) is 0 Å². The first-order chi connectivity index (χ1) is 16.1. The van der Waals surface area contributed by atoms with E-state index in [-0.39, 0.29) is 23.2 Å². The zero-order valence-corrected chi connectivity index (χ0v) is 18.3. The topological polar surface area (TPSA) is 54.6 Å². The van der Waals surface area contributed by atoms with Crippen LogP contribution in [-0.2, 0) is 6.42 Å². The summed E-state index contributed by atoms with van der Waals surface area (Å²) in [7, 11) is 0. The number of aromatic nitrogens is 1. The molecule has 33 heavy (non-hydrogen) atoms. The van der Waals surface area contributed by atoms with Crippen LogP contribution in [-0.4, -0.2) is 9.67 Å². The summed E-state index contributed by atoms with van der Waals surface area (Å²) in [6.07, 6.45) is 3.49. The van der Waals surface area contributed by atoms with E-state index in [0.717, 1.165) is 40.8 Å². The van der Waals surface area contributed by atoms with E-state index in [1.807, 2.05) is 18.2 Å². The highest BCUT2D eigenvalue weighted by Gasteiger charge is 2.32. The molecule has 0 amide bonds. The number of aryl methyl sites for hydroxylation is 1. The molecule has 0 bridgehead atoms. The van der Waals surface area contributed by atoms with Gasteiger partial charge in [0, 0.05) is 5.56 Å². The van der Waals surface area contributed by atoms with Gasteiger partial charge in [-0.05, 0) is 65.4 Å². The lowest BCUT2D eigenvalue weighted by molar-refractivity contribution is 0.475. The van der Waals surface area contributed by atoms with Crippen LogP contribution in [0.2, 0.25) is 0 Å². The average Bonchev–Trinajstić information content (AvgIpc) is 3.14. The molecule has 2 heterocycles. The molecule has 0 unspecified atom stereocenters. The van der Waals surface area contributed by atoms with Crippen molar-refractivity contribution in [2.75, 3.05) is 0 Å². The number of halogens is 1. The van der Waals surface area contributed by atoms with Gasteiger partial charge >= 0.3 is 0 Å². The number of thiazole rings is 1. The Labute approximate surface area is 192 Å². The molecule has 162 valence electrons. The maximum atomic E-state index is 13.7. The van der Waals surface area contributed by atoms with E-state index < -0.39 is 0 Å². The first kappa shape index (κ1) is 19.9. The van der Waals surface area contributed by atoms with Gasteiger partial charge < -0.3 is 5.11 Å². The van der Waals surface area contributed by atoms with Crippen molar-refractivity contribution in [1.29, 1.82) is 0 Å². The molecule has 0 spiro atoms. The number of aromatic hydroxyl groups is 1. The van der Waals surface area contributed by atoms with Gasteiger partial charge in [-0.15, -0.1) is 0 Å². The van der Waals surface area contributed by atoms with Gasteiger partial charge in [-0.25, -0.2) is 9.38 Å². The number of benzene rings is 3. The van der Waals surface area contributed by atoms with E-state index in [0.29, 0.717) is 9.33 Å². The van der Waals surface area contributed by atoms with Crippen molar-refractivity contribution in [1.82, 2.24) is 4.57 Å². The molecule has 1 N–H and O–H groups in total. The Balaban J connectivity index is 1.62. The number of fused-ring (bicyclic) bond motifs is 3. The van der Waals surface area contributed by atoms with E-state index in [2.05, 4.69) is 12.1 Å². The molecule has 4 aromatic rings. The summed E-state index contributed by atoms with van der Waals surface area (Å²) < 4.78 is 16.0. The summed E-state index contributed by atoms with van der Waals surface area (Å²) in [6.45, 7) is 0. The Bertz CT molecular complexity index is 1600. The fourth-order valence-corrected chi connectivity index (χ4v) is 5.69. The van der Waals surface area contributed by atoms with Gasteiger partial charge in [-0.1, -0.05) is 59.9 Å². The summed E-state index contributed by atoms with van der Waals surface area (Å²) >= 11 is 1.35. The normalized spacial score (nSPS) is 17.2. The smallest absolute Gasteiger partial charge is 0.271 e. The Morgan fingerprint density at radius 2 is 1.76 bits per heavy atom. The van der Waals surface area contributed by atoms with Gasteiger partial charge in [0.05, 0.1) is 16.3 Å². The van der Waals surface area contributed by atoms with Crippen LogP contribution >= 0.6 is 11.3 Å². The minimum Gasteiger partial charge on any atom is -0.508 e. The SMILES string of the molecule is O=c1/c(=C\c2ccc(O)cc2)sc2n1[C@@H](c1ccc(F)cc1)C1=C(N=2)c2ccccc2CC1. The molecule has 0 saturated heterocycles. The van der Waals surface area contributed by atoms with Crippen LogP contribution < -0.4 is 14.9 Å². The Hall–Kier alpha value is -3.77. The summed E-state index contributed by atoms with van der Waals surface area (Å²) in [5, 5.41) is 9.56. The second-order valence-corrected chi connectivity index (χ2v) is 9.27. The fraction of sp³-hybridized carbons (Fsp3) is 0.111. The van der Waals surface area contributed by atoms with Crippen LogP contribution in [0.1, 0.15) is 34.7 Å². The number of rotatable bonds is 2. The molecule has 6 heteroatoms. The third kappa shape index (κ3) is 3.34. The maximum absolute atomic E-state index is 13.7. The number of hydrogen-bond donors (Lipinski definition) is 1. The Kier molecular flexibility index (Phi) is 4.62. The number of phenols is 1. The summed E-state index contributed by atoms with van der Waals surface area (Å²) in [5.74, 6) is -0.127. The molecule has 0 saturated carbocycles. The van der Waals surface area contributed by atoms with Crippen LogP contribution in [0.3, 0.4) is 0 Å². The van der Waals surface area contributed by atoms with Crippen molar-refractivity contribution in [3.05, 3.63) is 126 Å². The highest BCUT2D eigenvalue weighted by atomic mass is 32.1. The first-order valence-corrected chi connectivity index (χ1v) is 11.6. The van der Waals surface area contributed by atoms with Crippen molar-refractivity contribution >= 4 is 23.1 Å². The minimum absolute atomic E-state index is 0.119. The maximum Gasteiger partial charge on any atom is 0.271 e. The van der Waals surface area contributed by atoms with E-state index in [9.17, 15) is 14.3 Å². The lowest BCUT2D eigenvalue weighted by Crippen LogP contribution is -2.38. The lowest BCUT2D eigenvalue weighted by Gasteiger charge is -2.30. The highest BCUT2D eigenvalue weighted by Crippen LogP contribution is 2.41. The number of nitrogens with zero attached hydrogens (tertiary/aromatic N) is 2. The molecule has 2 aliphatic rings. The molecule has 1 aliphatic carbocycles. The van der Waals surface area contributed by atoms with Crippen LogP contribution in [0.4, 0.5) is 4.39 Å². The van der Waals surface area contributed by atoms with Gasteiger partial charge in [0.15, 0.2) is 4.80 Å². The van der Waals surface area contributed by atoms with Crippen LogP contribution in [0.5, 0.6) is 5.75 Å². The third-order valence-electron chi connectivity index (χ3n) is 6.25. The van der Waals surface area contributed by atoms with E-state index in [1.54, 1.807) is 41.0 Å². The minimum atomic E-state index is -0.327. The molecule has 0 radical (unpaired) electrons. The number of hydrogen-bond acceptors (Lipinski definition) is 4. The van der Waals surface area contributed by atoms with Gasteiger partial charge in [-0.3, -0.25) is 9.36 Å². The zero-order chi connectivity index (χ0) is 22.5. The summed E-state index contributed by atoms with van der Waals surface area (Å²) in [6, 6.07) is 21.1. The average molecular weight is 455 g/mol. The fourth-order valence-electron chi connectivity index (χ4n) is 4.69. The van der Waals surface area contributed by atoms with Crippen molar-refractivity contribution < 1.29 is 9.50 Å². The monoisotopic (exact) mass is 454 g/mol. The Morgan fingerprint density at radius 1 is 1.00 bits per heavy atom. The first-order valence-electron chi connectivity index (χ1n) is 10.8. The molecule has 1 aliphatic heterocycles. The van der Waals surface area contributed by atoms with Crippen molar-refractivity contribution in [2.24, 2.45) is 4.99 Å². The van der Waals surface area contributed by atoms with Crippen LogP contribution in [0, 0.1) is 5.82 Å². The number of phenolic OH excluding ortho intramolecular Hbond substituents is 1. The predicted molar refractivity (Wildman–Crippen MR) is 127 cm³/mol. The summed E-state index contributed by atoms with van der Waals surface area (Å²) in [4.78, 5) is 19.2. The van der Waals surface area contributed by atoms with E-state index in [1.165, 1.54) is 29.0 Å². The van der Waals surface area contributed by atoms with E-state index in [4.69, 9.17) is 4.99 Å². The molecule has 1 aromatic heterocycles. The van der Waals surface area contributed by atoms with Gasteiger partial charge in [0.1, 0.15) is 11.6 Å². The summed E-state index contributed by atoms with van der Waals surface area (Å²) in [5.41, 5.74) is 5.93. The van der Waals surface area contributed by atoms with E-state index >= 15 is 0 Å². The quantitative estimate of drug-likeness (QED) is 0.495. The van der Waals surface area contributed by atoms with Crippen LogP contribution in [0.15, 0.2) is 88.2 Å². The van der Waals surface area contributed by atoms with Gasteiger partial charge in [0.25, 0.3) is 5.56 Å². The largest absolute Gasteiger partial charge is 0.508 e. The zero-order valence-electron chi connectivity index (χ0n) is 17.5. The molecular formula is C27H19FN2O2S. The molecule has 1 atom stereocenters. The van der Waals surface area contributed by atoms with Gasteiger partial charge in [0.2, 0.25) is 0 Å². The second-order valence-electron chi connectivity index (χ2n) is 8.26. The third-order valence-corrected chi connectivity index (χ3v) is 7.23. The predicted octanol–water partition coefficient (Wildman–Crippen LogP) is 4.16. The van der Waals surface area contributed by atoms with Crippen molar-refractivity contribution in [3.8, 4) is 5.75 Å². The number of allylic oxidation sites excluding steroid dienone is 1. The lowest BCUT2D eigenvalue weighted by atomic mass is 9.83. The molecule has 6 rings (SSSR count). The van der Waals surface area contributed by atoms with Crippen LogP contribution in [0.25, 0.3) is 11.8 Å². The van der Waals surface area contributed by atoms with Crippen molar-refractivity contribution in [2.45, 2.75) is 18.9 Å². The highest BCUT2D eigenvalue weighted by molar-refractivity contribution is 7.07. The second kappa shape index (κ2) is 7.67. The van der Waals surface area contributed by atoms with Crippen molar-refractivity contribution in [3.63, 3.8) is 0 Å².